The fourth-order valence-electron chi connectivity index (χ4n) is 3.97. The second kappa shape index (κ2) is 7.17. The molecule has 0 bridgehead atoms. The number of piperidine rings is 1. The Labute approximate surface area is 171 Å². The summed E-state index contributed by atoms with van der Waals surface area (Å²) < 4.78 is 7.50. The lowest BCUT2D eigenvalue weighted by Gasteiger charge is -2.29. The van der Waals surface area contributed by atoms with E-state index in [2.05, 4.69) is 34.7 Å². The predicted molar refractivity (Wildman–Crippen MR) is 111 cm³/mol. The molecule has 1 fully saturated rings. The molecule has 6 nitrogen and oxygen atoms in total. The van der Waals surface area contributed by atoms with Gasteiger partial charge in [-0.3, -0.25) is 4.79 Å². The van der Waals surface area contributed by atoms with Crippen LogP contribution in [-0.2, 0) is 22.4 Å². The minimum atomic E-state index is -0.632. The van der Waals surface area contributed by atoms with Gasteiger partial charge in [0, 0.05) is 12.1 Å². The van der Waals surface area contributed by atoms with Gasteiger partial charge in [0.1, 0.15) is 11.9 Å². The second-order valence-corrected chi connectivity index (χ2v) is 8.79. The van der Waals surface area contributed by atoms with Crippen LogP contribution in [0.4, 0.5) is 4.79 Å². The molecule has 2 aliphatic rings. The van der Waals surface area contributed by atoms with Crippen LogP contribution in [0.15, 0.2) is 30.1 Å². The summed E-state index contributed by atoms with van der Waals surface area (Å²) in [6, 6.07) is 6.46. The van der Waals surface area contributed by atoms with Crippen LogP contribution in [0, 0.1) is 6.92 Å². The zero-order chi connectivity index (χ0) is 20.8. The third kappa shape index (κ3) is 3.84. The number of hydrogen-bond donors (Lipinski definition) is 0. The number of aromatic nitrogens is 2. The average molecular weight is 393 g/mol. The van der Waals surface area contributed by atoms with Crippen LogP contribution in [0.2, 0.25) is 0 Å². The van der Waals surface area contributed by atoms with Crippen LogP contribution in [0.5, 0.6) is 0 Å². The normalized spacial score (nSPS) is 17.9. The Bertz CT molecular complexity index is 1010. The number of likely N-dealkylation sites (tertiary alicyclic amines) is 1. The van der Waals surface area contributed by atoms with E-state index in [0.29, 0.717) is 18.5 Å². The topological polar surface area (TPSA) is 64.4 Å². The van der Waals surface area contributed by atoms with Gasteiger partial charge >= 0.3 is 6.09 Å². The molecule has 1 aromatic carbocycles. The Morgan fingerprint density at radius 1 is 1.21 bits per heavy atom. The van der Waals surface area contributed by atoms with E-state index in [1.807, 2.05) is 12.4 Å². The van der Waals surface area contributed by atoms with Crippen molar-refractivity contribution in [3.8, 4) is 5.69 Å². The minimum absolute atomic E-state index is 0.279. The molecule has 152 valence electrons. The van der Waals surface area contributed by atoms with E-state index in [1.54, 1.807) is 20.8 Å². The van der Waals surface area contributed by atoms with Crippen molar-refractivity contribution in [2.24, 2.45) is 0 Å². The highest BCUT2D eigenvalue weighted by atomic mass is 16.6. The van der Waals surface area contributed by atoms with E-state index in [4.69, 9.17) is 4.74 Å². The number of fused-ring (bicyclic) bond motifs is 3. The maximum atomic E-state index is 12.9. The summed E-state index contributed by atoms with van der Waals surface area (Å²) >= 11 is 0. The molecule has 0 N–H and O–H groups in total. The first kappa shape index (κ1) is 19.4. The fourth-order valence-corrected chi connectivity index (χ4v) is 3.97. The molecule has 2 amide bonds. The van der Waals surface area contributed by atoms with Crippen molar-refractivity contribution in [1.82, 2.24) is 14.5 Å². The molecular weight excluding hydrogens is 366 g/mol. The lowest BCUT2D eigenvalue weighted by Crippen LogP contribution is -2.44. The molecule has 1 saturated heterocycles. The van der Waals surface area contributed by atoms with Gasteiger partial charge in [0.25, 0.3) is 5.91 Å². The van der Waals surface area contributed by atoms with Crippen molar-refractivity contribution in [3.05, 3.63) is 52.6 Å². The molecule has 29 heavy (non-hydrogen) atoms. The van der Waals surface area contributed by atoms with Gasteiger partial charge in [-0.2, -0.15) is 0 Å². The van der Waals surface area contributed by atoms with Gasteiger partial charge in [-0.1, -0.05) is 17.7 Å². The number of benzene rings is 1. The van der Waals surface area contributed by atoms with E-state index >= 15 is 0 Å². The number of imide groups is 1. The minimum Gasteiger partial charge on any atom is -0.443 e. The molecule has 0 radical (unpaired) electrons. The highest BCUT2D eigenvalue weighted by molar-refractivity contribution is 6.05. The van der Waals surface area contributed by atoms with Crippen LogP contribution in [0.3, 0.4) is 0 Å². The van der Waals surface area contributed by atoms with Gasteiger partial charge in [0.2, 0.25) is 0 Å². The molecular formula is C23H27N3O3. The zero-order valence-corrected chi connectivity index (χ0v) is 17.5. The first-order valence-corrected chi connectivity index (χ1v) is 10.1. The molecule has 2 aromatic rings. The summed E-state index contributed by atoms with van der Waals surface area (Å²) in [7, 11) is 0. The lowest BCUT2D eigenvalue weighted by molar-refractivity contribution is -0.127. The molecule has 0 aliphatic carbocycles. The Balaban J connectivity index is 1.61. The predicted octanol–water partition coefficient (Wildman–Crippen LogP) is 4.22. The van der Waals surface area contributed by atoms with Crippen molar-refractivity contribution in [3.63, 3.8) is 0 Å². The van der Waals surface area contributed by atoms with Crippen molar-refractivity contribution in [1.29, 1.82) is 0 Å². The molecule has 4 rings (SSSR count). The molecule has 0 unspecified atom stereocenters. The third-order valence-electron chi connectivity index (χ3n) is 5.30. The van der Waals surface area contributed by atoms with Gasteiger partial charge in [0.05, 0.1) is 17.1 Å². The van der Waals surface area contributed by atoms with Crippen LogP contribution < -0.4 is 0 Å². The molecule has 2 aliphatic heterocycles. The smallest absolute Gasteiger partial charge is 0.417 e. The summed E-state index contributed by atoms with van der Waals surface area (Å²) in [6.07, 6.45) is 6.30. The number of hydrogen-bond acceptors (Lipinski definition) is 4. The number of aryl methyl sites for hydroxylation is 2. The van der Waals surface area contributed by atoms with Crippen molar-refractivity contribution < 1.29 is 14.3 Å². The van der Waals surface area contributed by atoms with Crippen molar-refractivity contribution in [2.45, 2.75) is 59.0 Å². The second-order valence-electron chi connectivity index (χ2n) is 8.79. The quantitative estimate of drug-likeness (QED) is 0.681. The number of carbonyl (C=O) groups excluding carboxylic acids is 2. The zero-order valence-electron chi connectivity index (χ0n) is 17.5. The largest absolute Gasteiger partial charge is 0.443 e. The molecule has 0 spiro atoms. The Morgan fingerprint density at radius 3 is 2.76 bits per heavy atom. The maximum Gasteiger partial charge on any atom is 0.417 e. The monoisotopic (exact) mass is 393 g/mol. The van der Waals surface area contributed by atoms with E-state index in [0.717, 1.165) is 36.3 Å². The molecule has 1 aromatic heterocycles. The molecule has 0 atom stereocenters. The molecule has 6 heteroatoms. The SMILES string of the molecule is Cc1ccc2c(c1)CCc1c(C=C3CCCN(C(=O)OC(C)(C)C)C3=O)ncn1-2. The first-order valence-electron chi connectivity index (χ1n) is 10.1. The summed E-state index contributed by atoms with van der Waals surface area (Å²) in [5, 5.41) is 0. The van der Waals surface area contributed by atoms with Gasteiger partial charge in [0.15, 0.2) is 0 Å². The van der Waals surface area contributed by atoms with Crippen LogP contribution in [0.1, 0.15) is 56.1 Å². The van der Waals surface area contributed by atoms with Crippen molar-refractivity contribution >= 4 is 18.1 Å². The lowest BCUT2D eigenvalue weighted by atomic mass is 9.97. The van der Waals surface area contributed by atoms with E-state index in [-0.39, 0.29) is 5.91 Å². The number of rotatable bonds is 1. The number of amides is 2. The maximum absolute atomic E-state index is 12.9. The first-order chi connectivity index (χ1) is 13.7. The standard InChI is InChI=1S/C23H27N3O3/c1-15-7-9-19-16(12-15)8-10-20-18(24-14-26(19)20)13-17-6-5-11-25(21(17)27)22(28)29-23(2,3)4/h7,9,12-14H,5-6,8,10-11H2,1-4H3. The molecule has 0 saturated carbocycles. The Hall–Kier alpha value is -2.89. The number of carbonyl (C=O) groups is 2. The van der Waals surface area contributed by atoms with Crippen molar-refractivity contribution in [2.75, 3.05) is 6.54 Å². The number of nitrogens with zero attached hydrogens (tertiary/aromatic N) is 3. The fraction of sp³-hybridized carbons (Fsp3) is 0.435. The average Bonchev–Trinajstić information content (AvgIpc) is 3.04. The van der Waals surface area contributed by atoms with Crippen LogP contribution in [-0.4, -0.2) is 38.6 Å². The van der Waals surface area contributed by atoms with Gasteiger partial charge < -0.3 is 9.30 Å². The highest BCUT2D eigenvalue weighted by Crippen LogP contribution is 2.29. The van der Waals surface area contributed by atoms with Crippen LogP contribution >= 0.6 is 0 Å². The highest BCUT2D eigenvalue weighted by Gasteiger charge is 2.32. The van der Waals surface area contributed by atoms with E-state index in [9.17, 15) is 9.59 Å². The van der Waals surface area contributed by atoms with E-state index in [1.165, 1.54) is 16.0 Å². The summed E-state index contributed by atoms with van der Waals surface area (Å²) in [4.78, 5) is 31.1. The number of ether oxygens (including phenoxy) is 1. The Morgan fingerprint density at radius 2 is 2.00 bits per heavy atom. The summed E-state index contributed by atoms with van der Waals surface area (Å²) in [6.45, 7) is 7.89. The van der Waals surface area contributed by atoms with Gasteiger partial charge in [-0.15, -0.1) is 0 Å². The Kier molecular flexibility index (Phi) is 4.81. The number of imidazole rings is 1. The molecule has 3 heterocycles. The van der Waals surface area contributed by atoms with Crippen LogP contribution in [0.25, 0.3) is 11.8 Å². The van der Waals surface area contributed by atoms with Gasteiger partial charge in [-0.25, -0.2) is 14.7 Å². The third-order valence-corrected chi connectivity index (χ3v) is 5.30. The summed E-state index contributed by atoms with van der Waals surface area (Å²) in [5.41, 5.74) is 5.62. The summed E-state index contributed by atoms with van der Waals surface area (Å²) in [5.74, 6) is -0.279. The van der Waals surface area contributed by atoms with Gasteiger partial charge in [-0.05, 0) is 71.1 Å². The van der Waals surface area contributed by atoms with E-state index < -0.39 is 11.7 Å².